The SMILES string of the molecule is COc1ccccc1NC(=O)CC(=O)Nc1ccc(OC(C)C)cc1. The Morgan fingerprint density at radius 2 is 1.60 bits per heavy atom. The van der Waals surface area contributed by atoms with E-state index in [1.54, 1.807) is 48.5 Å². The Labute approximate surface area is 147 Å². The van der Waals surface area contributed by atoms with Crippen molar-refractivity contribution >= 4 is 23.2 Å². The summed E-state index contributed by atoms with van der Waals surface area (Å²) in [6.45, 7) is 3.88. The average molecular weight is 342 g/mol. The highest BCUT2D eigenvalue weighted by atomic mass is 16.5. The van der Waals surface area contributed by atoms with Crippen LogP contribution < -0.4 is 20.1 Å². The second-order valence-electron chi connectivity index (χ2n) is 5.66. The van der Waals surface area contributed by atoms with Crippen molar-refractivity contribution in [1.29, 1.82) is 0 Å². The number of rotatable bonds is 7. The van der Waals surface area contributed by atoms with Crippen molar-refractivity contribution in [3.63, 3.8) is 0 Å². The highest BCUT2D eigenvalue weighted by Crippen LogP contribution is 2.23. The third-order valence-corrected chi connectivity index (χ3v) is 3.21. The fraction of sp³-hybridized carbons (Fsp3) is 0.263. The minimum atomic E-state index is -0.415. The first-order valence-electron chi connectivity index (χ1n) is 7.97. The van der Waals surface area contributed by atoms with Crippen LogP contribution in [0.25, 0.3) is 0 Å². The van der Waals surface area contributed by atoms with Gasteiger partial charge in [0.1, 0.15) is 17.9 Å². The van der Waals surface area contributed by atoms with Crippen molar-refractivity contribution < 1.29 is 19.1 Å². The molecule has 0 aromatic heterocycles. The third-order valence-electron chi connectivity index (χ3n) is 3.21. The van der Waals surface area contributed by atoms with E-state index in [0.29, 0.717) is 17.1 Å². The number of hydrogen-bond donors (Lipinski definition) is 2. The Bertz CT molecular complexity index is 726. The first-order valence-corrected chi connectivity index (χ1v) is 7.97. The summed E-state index contributed by atoms with van der Waals surface area (Å²) in [5.74, 6) is 0.450. The van der Waals surface area contributed by atoms with Crippen LogP contribution in [0, 0.1) is 0 Å². The van der Waals surface area contributed by atoms with Gasteiger partial charge in [0.05, 0.1) is 18.9 Å². The molecule has 2 aromatic rings. The average Bonchev–Trinajstić information content (AvgIpc) is 2.56. The zero-order valence-electron chi connectivity index (χ0n) is 14.5. The maximum Gasteiger partial charge on any atom is 0.233 e. The monoisotopic (exact) mass is 342 g/mol. The standard InChI is InChI=1S/C19H22N2O4/c1-13(2)25-15-10-8-14(9-11-15)20-18(22)12-19(23)21-16-6-4-5-7-17(16)24-3/h4-11,13H,12H2,1-3H3,(H,20,22)(H,21,23). The van der Waals surface area contributed by atoms with Crippen molar-refractivity contribution in [1.82, 2.24) is 0 Å². The Morgan fingerprint density at radius 1 is 0.960 bits per heavy atom. The molecule has 0 saturated heterocycles. The second-order valence-corrected chi connectivity index (χ2v) is 5.66. The molecule has 0 fully saturated rings. The Hall–Kier alpha value is -3.02. The summed E-state index contributed by atoms with van der Waals surface area (Å²) >= 11 is 0. The van der Waals surface area contributed by atoms with Gasteiger partial charge in [-0.2, -0.15) is 0 Å². The fourth-order valence-electron chi connectivity index (χ4n) is 2.18. The van der Waals surface area contributed by atoms with Crippen LogP contribution in [0.5, 0.6) is 11.5 Å². The highest BCUT2D eigenvalue weighted by Gasteiger charge is 2.12. The number of methoxy groups -OCH3 is 1. The van der Waals surface area contributed by atoms with Gasteiger partial charge in [-0.1, -0.05) is 12.1 Å². The first kappa shape index (κ1) is 18.3. The van der Waals surface area contributed by atoms with E-state index in [-0.39, 0.29) is 12.5 Å². The summed E-state index contributed by atoms with van der Waals surface area (Å²) in [6, 6.07) is 14.0. The van der Waals surface area contributed by atoms with Crippen LogP contribution in [0.1, 0.15) is 20.3 Å². The largest absolute Gasteiger partial charge is 0.495 e. The Kier molecular flexibility index (Phi) is 6.39. The number of para-hydroxylation sites is 2. The molecule has 0 aliphatic rings. The van der Waals surface area contributed by atoms with Crippen LogP contribution in [0.15, 0.2) is 48.5 Å². The summed E-state index contributed by atoms with van der Waals surface area (Å²) in [7, 11) is 1.52. The molecule has 2 N–H and O–H groups in total. The lowest BCUT2D eigenvalue weighted by atomic mass is 10.2. The zero-order chi connectivity index (χ0) is 18.2. The highest BCUT2D eigenvalue weighted by molar-refractivity contribution is 6.08. The molecule has 0 unspecified atom stereocenters. The van der Waals surface area contributed by atoms with Crippen LogP contribution in [0.3, 0.4) is 0 Å². The van der Waals surface area contributed by atoms with Gasteiger partial charge in [-0.15, -0.1) is 0 Å². The maximum atomic E-state index is 12.0. The van der Waals surface area contributed by atoms with E-state index in [4.69, 9.17) is 9.47 Å². The predicted octanol–water partition coefficient (Wildman–Crippen LogP) is 3.45. The molecule has 0 aliphatic heterocycles. The maximum absolute atomic E-state index is 12.0. The molecule has 132 valence electrons. The molecular weight excluding hydrogens is 320 g/mol. The van der Waals surface area contributed by atoms with Crippen LogP contribution in [-0.2, 0) is 9.59 Å². The fourth-order valence-corrected chi connectivity index (χ4v) is 2.18. The number of ether oxygens (including phenoxy) is 2. The molecule has 0 heterocycles. The molecule has 0 radical (unpaired) electrons. The minimum absolute atomic E-state index is 0.0825. The lowest BCUT2D eigenvalue weighted by Crippen LogP contribution is -2.21. The molecule has 0 saturated carbocycles. The Balaban J connectivity index is 1.88. The second kappa shape index (κ2) is 8.73. The van der Waals surface area contributed by atoms with Gasteiger partial charge < -0.3 is 20.1 Å². The molecule has 6 nitrogen and oxygen atoms in total. The van der Waals surface area contributed by atoms with Crippen molar-refractivity contribution in [3.8, 4) is 11.5 Å². The van der Waals surface area contributed by atoms with Crippen molar-refractivity contribution in [2.45, 2.75) is 26.4 Å². The van der Waals surface area contributed by atoms with Gasteiger partial charge in [-0.25, -0.2) is 0 Å². The normalized spacial score (nSPS) is 10.2. The van der Waals surface area contributed by atoms with Gasteiger partial charge in [-0.3, -0.25) is 9.59 Å². The molecule has 2 aromatic carbocycles. The van der Waals surface area contributed by atoms with Crippen LogP contribution in [0.2, 0.25) is 0 Å². The molecule has 25 heavy (non-hydrogen) atoms. The number of carbonyl (C=O) groups is 2. The van der Waals surface area contributed by atoms with Gasteiger partial charge in [0.2, 0.25) is 11.8 Å². The first-order chi connectivity index (χ1) is 12.0. The van der Waals surface area contributed by atoms with Crippen LogP contribution in [0.4, 0.5) is 11.4 Å². The summed E-state index contributed by atoms with van der Waals surface area (Å²) in [5.41, 5.74) is 1.13. The lowest BCUT2D eigenvalue weighted by Gasteiger charge is -2.11. The molecule has 2 amide bonds. The zero-order valence-corrected chi connectivity index (χ0v) is 14.5. The lowest BCUT2D eigenvalue weighted by molar-refractivity contribution is -0.123. The van der Waals surface area contributed by atoms with Gasteiger partial charge >= 0.3 is 0 Å². The Morgan fingerprint density at radius 3 is 2.24 bits per heavy atom. The summed E-state index contributed by atoms with van der Waals surface area (Å²) < 4.78 is 10.7. The number of hydrogen-bond acceptors (Lipinski definition) is 4. The number of amides is 2. The quantitative estimate of drug-likeness (QED) is 0.756. The van der Waals surface area contributed by atoms with E-state index in [0.717, 1.165) is 5.75 Å². The summed E-state index contributed by atoms with van der Waals surface area (Å²) in [4.78, 5) is 24.0. The van der Waals surface area contributed by atoms with E-state index in [2.05, 4.69) is 10.6 Å². The molecule has 0 spiro atoms. The van der Waals surface area contributed by atoms with Crippen molar-refractivity contribution in [2.24, 2.45) is 0 Å². The van der Waals surface area contributed by atoms with Gasteiger partial charge in [0.25, 0.3) is 0 Å². The van der Waals surface area contributed by atoms with Crippen molar-refractivity contribution in [3.05, 3.63) is 48.5 Å². The van der Waals surface area contributed by atoms with Crippen molar-refractivity contribution in [2.75, 3.05) is 17.7 Å². The van der Waals surface area contributed by atoms with E-state index in [9.17, 15) is 9.59 Å². The van der Waals surface area contributed by atoms with Crippen LogP contribution >= 0.6 is 0 Å². The van der Waals surface area contributed by atoms with E-state index in [1.807, 2.05) is 13.8 Å². The molecular formula is C19H22N2O4. The topological polar surface area (TPSA) is 76.7 Å². The minimum Gasteiger partial charge on any atom is -0.495 e. The summed E-state index contributed by atoms with van der Waals surface area (Å²) in [6.07, 6.45) is -0.207. The van der Waals surface area contributed by atoms with Gasteiger partial charge in [-0.05, 0) is 50.2 Å². The van der Waals surface area contributed by atoms with Gasteiger partial charge in [0.15, 0.2) is 0 Å². The molecule has 0 bridgehead atoms. The molecule has 6 heteroatoms. The molecule has 2 rings (SSSR count). The number of carbonyl (C=O) groups excluding carboxylic acids is 2. The van der Waals surface area contributed by atoms with E-state index in [1.165, 1.54) is 7.11 Å². The van der Waals surface area contributed by atoms with Crippen LogP contribution in [-0.4, -0.2) is 25.0 Å². The number of benzene rings is 2. The molecule has 0 atom stereocenters. The summed E-state index contributed by atoms with van der Waals surface area (Å²) in [5, 5.41) is 5.35. The smallest absolute Gasteiger partial charge is 0.233 e. The number of anilines is 2. The van der Waals surface area contributed by atoms with Gasteiger partial charge in [0, 0.05) is 5.69 Å². The van der Waals surface area contributed by atoms with E-state index < -0.39 is 11.8 Å². The third kappa shape index (κ3) is 5.84. The van der Waals surface area contributed by atoms with E-state index >= 15 is 0 Å². The predicted molar refractivity (Wildman–Crippen MR) is 97.1 cm³/mol. The number of nitrogens with one attached hydrogen (secondary N) is 2. The molecule has 0 aliphatic carbocycles.